The number of aromatic nitrogens is 3. The molecule has 8 rings (SSSR count). The first-order valence-corrected chi connectivity index (χ1v) is 12.2. The minimum atomic E-state index is 0.933. The Morgan fingerprint density at radius 2 is 1.31 bits per heavy atom. The number of fused-ring (bicyclic) bond motifs is 7. The van der Waals surface area contributed by atoms with Gasteiger partial charge in [-0.2, -0.15) is 0 Å². The molecule has 0 unspecified atom stereocenters. The molecule has 0 fully saturated rings. The number of nitrogens with zero attached hydrogens (tertiary/aromatic N) is 3. The molecule has 8 aromatic rings. The van der Waals surface area contributed by atoms with Gasteiger partial charge in [-0.05, 0) is 60.0 Å². The highest BCUT2D eigenvalue weighted by atomic mass is 15.1. The van der Waals surface area contributed by atoms with Crippen LogP contribution in [0.15, 0.2) is 128 Å². The molecule has 0 amide bonds. The second-order valence-corrected chi connectivity index (χ2v) is 9.33. The Labute approximate surface area is 207 Å². The van der Waals surface area contributed by atoms with Crippen LogP contribution in [-0.4, -0.2) is 14.1 Å². The van der Waals surface area contributed by atoms with Crippen LogP contribution in [0.3, 0.4) is 0 Å². The first-order valence-electron chi connectivity index (χ1n) is 12.2. The van der Waals surface area contributed by atoms with Crippen LogP contribution < -0.4 is 0 Å². The SMILES string of the molecule is c1ccc(-n2c3ccccc3c3ccc4cc5c(ccn5-c5ccc6ccccc6n5)cc4c32)cc1. The van der Waals surface area contributed by atoms with E-state index in [-0.39, 0.29) is 0 Å². The van der Waals surface area contributed by atoms with Crippen molar-refractivity contribution in [3.8, 4) is 11.5 Å². The lowest BCUT2D eigenvalue weighted by Crippen LogP contribution is -1.96. The van der Waals surface area contributed by atoms with Crippen molar-refractivity contribution >= 4 is 54.4 Å². The summed E-state index contributed by atoms with van der Waals surface area (Å²) in [6, 6.07) is 43.2. The third-order valence-corrected chi connectivity index (χ3v) is 7.30. The van der Waals surface area contributed by atoms with Gasteiger partial charge in [0.1, 0.15) is 5.82 Å². The topological polar surface area (TPSA) is 22.8 Å². The molecule has 3 nitrogen and oxygen atoms in total. The molecule has 0 aliphatic heterocycles. The van der Waals surface area contributed by atoms with E-state index < -0.39 is 0 Å². The predicted octanol–water partition coefficient (Wildman–Crippen LogP) is 8.43. The van der Waals surface area contributed by atoms with E-state index in [2.05, 4.69) is 131 Å². The monoisotopic (exact) mass is 459 g/mol. The normalized spacial score (nSPS) is 11.9. The fourth-order valence-electron chi connectivity index (χ4n) is 5.65. The zero-order valence-corrected chi connectivity index (χ0v) is 19.5. The number of hydrogen-bond donors (Lipinski definition) is 0. The Morgan fingerprint density at radius 1 is 0.500 bits per heavy atom. The van der Waals surface area contributed by atoms with E-state index in [0.29, 0.717) is 0 Å². The highest BCUT2D eigenvalue weighted by Gasteiger charge is 2.16. The summed E-state index contributed by atoms with van der Waals surface area (Å²) in [5.41, 5.74) is 5.82. The second-order valence-electron chi connectivity index (χ2n) is 9.33. The number of hydrogen-bond acceptors (Lipinski definition) is 1. The molecule has 3 heteroatoms. The molecule has 3 heterocycles. The molecule has 0 atom stereocenters. The summed E-state index contributed by atoms with van der Waals surface area (Å²) < 4.78 is 4.60. The minimum Gasteiger partial charge on any atom is -0.309 e. The second kappa shape index (κ2) is 7.30. The first kappa shape index (κ1) is 19.4. The molecule has 168 valence electrons. The molecular formula is C33H21N3. The maximum atomic E-state index is 4.94. The summed E-state index contributed by atoms with van der Waals surface area (Å²) in [4.78, 5) is 4.94. The number of pyridine rings is 1. The van der Waals surface area contributed by atoms with Gasteiger partial charge in [0.05, 0.1) is 22.1 Å². The van der Waals surface area contributed by atoms with Crippen molar-refractivity contribution in [2.75, 3.05) is 0 Å². The smallest absolute Gasteiger partial charge is 0.137 e. The van der Waals surface area contributed by atoms with Crippen LogP contribution in [-0.2, 0) is 0 Å². The Kier molecular flexibility index (Phi) is 3.94. The summed E-state index contributed by atoms with van der Waals surface area (Å²) in [6.07, 6.45) is 2.13. The summed E-state index contributed by atoms with van der Waals surface area (Å²) in [6.45, 7) is 0. The Morgan fingerprint density at radius 3 is 2.25 bits per heavy atom. The van der Waals surface area contributed by atoms with Crippen LogP contribution in [0.1, 0.15) is 0 Å². The van der Waals surface area contributed by atoms with Crippen LogP contribution in [0.2, 0.25) is 0 Å². The molecule has 0 saturated heterocycles. The summed E-state index contributed by atoms with van der Waals surface area (Å²) in [5, 5.41) is 7.38. The molecule has 0 saturated carbocycles. The highest BCUT2D eigenvalue weighted by Crippen LogP contribution is 2.38. The average molecular weight is 460 g/mol. The van der Waals surface area contributed by atoms with Gasteiger partial charge < -0.3 is 9.13 Å². The van der Waals surface area contributed by atoms with Gasteiger partial charge in [0.2, 0.25) is 0 Å². The van der Waals surface area contributed by atoms with E-state index >= 15 is 0 Å². The van der Waals surface area contributed by atoms with Crippen LogP contribution in [0.25, 0.3) is 65.9 Å². The lowest BCUT2D eigenvalue weighted by atomic mass is 10.0. The van der Waals surface area contributed by atoms with Crippen molar-refractivity contribution in [2.45, 2.75) is 0 Å². The summed E-state index contributed by atoms with van der Waals surface area (Å²) in [7, 11) is 0. The quantitative estimate of drug-likeness (QED) is 0.254. The maximum absolute atomic E-state index is 4.94. The van der Waals surface area contributed by atoms with Crippen LogP contribution in [0.4, 0.5) is 0 Å². The van der Waals surface area contributed by atoms with E-state index in [1.807, 2.05) is 6.07 Å². The highest BCUT2D eigenvalue weighted by molar-refractivity contribution is 6.20. The lowest BCUT2D eigenvalue weighted by molar-refractivity contribution is 1.06. The zero-order valence-electron chi connectivity index (χ0n) is 19.5. The van der Waals surface area contributed by atoms with Gasteiger partial charge in [-0.25, -0.2) is 4.98 Å². The predicted molar refractivity (Wildman–Crippen MR) is 150 cm³/mol. The third-order valence-electron chi connectivity index (χ3n) is 7.30. The fraction of sp³-hybridized carbons (Fsp3) is 0. The molecule has 0 bridgehead atoms. The first-order chi connectivity index (χ1) is 17.8. The van der Waals surface area contributed by atoms with E-state index in [0.717, 1.165) is 22.2 Å². The standard InChI is InChI=1S/C33H21N3/c1-2-9-25(10-3-1)36-30-13-7-5-11-26(30)27-16-14-23-21-31-24(20-28(23)33(27)36)18-19-35(31)32-17-15-22-8-4-6-12-29(22)34-32/h1-21H. The van der Waals surface area contributed by atoms with E-state index in [1.165, 1.54) is 43.7 Å². The Balaban J connectivity index is 1.44. The van der Waals surface area contributed by atoms with Gasteiger partial charge in [-0.15, -0.1) is 0 Å². The Hall–Kier alpha value is -4.89. The van der Waals surface area contributed by atoms with Gasteiger partial charge >= 0.3 is 0 Å². The van der Waals surface area contributed by atoms with Crippen molar-refractivity contribution in [1.82, 2.24) is 14.1 Å². The van der Waals surface area contributed by atoms with Crippen molar-refractivity contribution in [3.05, 3.63) is 128 Å². The number of para-hydroxylation sites is 3. The van der Waals surface area contributed by atoms with Crippen molar-refractivity contribution in [2.24, 2.45) is 0 Å². The molecule has 0 radical (unpaired) electrons. The molecule has 3 aromatic heterocycles. The maximum Gasteiger partial charge on any atom is 0.137 e. The molecule has 0 aliphatic carbocycles. The van der Waals surface area contributed by atoms with Gasteiger partial charge in [0.15, 0.2) is 0 Å². The molecule has 0 aliphatic rings. The van der Waals surface area contributed by atoms with E-state index in [9.17, 15) is 0 Å². The van der Waals surface area contributed by atoms with Gasteiger partial charge in [0.25, 0.3) is 0 Å². The van der Waals surface area contributed by atoms with Crippen molar-refractivity contribution in [3.63, 3.8) is 0 Å². The largest absolute Gasteiger partial charge is 0.309 e. The van der Waals surface area contributed by atoms with Gasteiger partial charge in [-0.1, -0.05) is 66.7 Å². The molecular weight excluding hydrogens is 438 g/mol. The Bertz CT molecular complexity index is 2100. The lowest BCUT2D eigenvalue weighted by Gasteiger charge is -2.11. The van der Waals surface area contributed by atoms with Gasteiger partial charge in [-0.3, -0.25) is 0 Å². The fourth-order valence-corrected chi connectivity index (χ4v) is 5.65. The van der Waals surface area contributed by atoms with Crippen LogP contribution in [0.5, 0.6) is 0 Å². The van der Waals surface area contributed by atoms with Gasteiger partial charge in [0, 0.05) is 38.8 Å². The van der Waals surface area contributed by atoms with Crippen molar-refractivity contribution in [1.29, 1.82) is 0 Å². The summed E-state index contributed by atoms with van der Waals surface area (Å²) >= 11 is 0. The van der Waals surface area contributed by atoms with E-state index in [1.54, 1.807) is 0 Å². The minimum absolute atomic E-state index is 0.933. The molecule has 0 N–H and O–H groups in total. The zero-order chi connectivity index (χ0) is 23.6. The average Bonchev–Trinajstić information content (AvgIpc) is 3.51. The molecule has 0 spiro atoms. The van der Waals surface area contributed by atoms with Crippen LogP contribution >= 0.6 is 0 Å². The number of benzene rings is 5. The third kappa shape index (κ3) is 2.71. The summed E-state index contributed by atoms with van der Waals surface area (Å²) in [5.74, 6) is 0.933. The van der Waals surface area contributed by atoms with Crippen molar-refractivity contribution < 1.29 is 0 Å². The number of rotatable bonds is 2. The molecule has 36 heavy (non-hydrogen) atoms. The molecule has 5 aromatic carbocycles. The van der Waals surface area contributed by atoms with E-state index in [4.69, 9.17) is 4.98 Å². The van der Waals surface area contributed by atoms with Crippen LogP contribution in [0, 0.1) is 0 Å².